The predicted molar refractivity (Wildman–Crippen MR) is 98.6 cm³/mol. The van der Waals surface area contributed by atoms with Crippen molar-refractivity contribution < 1.29 is 22.7 Å². The Kier molecular flexibility index (Phi) is 7.43. The zero-order valence-corrected chi connectivity index (χ0v) is 16.4. The molecule has 1 unspecified atom stereocenters. The molecule has 1 fully saturated rings. The molecular formula is C18H28N2O5S. The first kappa shape index (κ1) is 20.7. The first-order valence-corrected chi connectivity index (χ1v) is 10.4. The first-order valence-electron chi connectivity index (χ1n) is 8.93. The van der Waals surface area contributed by atoms with Gasteiger partial charge in [0.05, 0.1) is 17.6 Å². The van der Waals surface area contributed by atoms with Crippen molar-refractivity contribution in [3.05, 3.63) is 24.3 Å². The van der Waals surface area contributed by atoms with Gasteiger partial charge in [-0.25, -0.2) is 13.1 Å². The topological polar surface area (TPSA) is 84.9 Å². The molecule has 0 radical (unpaired) electrons. The molecule has 7 nitrogen and oxygen atoms in total. The van der Waals surface area contributed by atoms with Crippen molar-refractivity contribution in [3.8, 4) is 5.75 Å². The lowest BCUT2D eigenvalue weighted by Crippen LogP contribution is -2.51. The zero-order valence-electron chi connectivity index (χ0n) is 15.6. The third-order valence-corrected chi connectivity index (χ3v) is 5.35. The Morgan fingerprint density at radius 2 is 2.00 bits per heavy atom. The highest BCUT2D eigenvalue weighted by molar-refractivity contribution is 7.89. The maximum Gasteiger partial charge on any atom is 0.248 e. The maximum absolute atomic E-state index is 12.4. The molecule has 1 aliphatic rings. The molecule has 1 saturated heterocycles. The minimum absolute atomic E-state index is 0.0113. The van der Waals surface area contributed by atoms with E-state index in [1.165, 1.54) is 12.1 Å². The van der Waals surface area contributed by atoms with E-state index >= 15 is 0 Å². The second-order valence-electron chi connectivity index (χ2n) is 6.80. The summed E-state index contributed by atoms with van der Waals surface area (Å²) in [5.74, 6) is 0.938. The van der Waals surface area contributed by atoms with Gasteiger partial charge in [-0.2, -0.15) is 0 Å². The summed E-state index contributed by atoms with van der Waals surface area (Å²) in [6.45, 7) is 7.82. The number of amides is 1. The SMILES string of the molecule is CCCOc1ccc(S(=O)(=O)NCC2CN(CC(C)C)C(=O)CO2)cc1. The van der Waals surface area contributed by atoms with Crippen molar-refractivity contribution >= 4 is 15.9 Å². The van der Waals surface area contributed by atoms with Gasteiger partial charge in [-0.05, 0) is 36.6 Å². The summed E-state index contributed by atoms with van der Waals surface area (Å²) in [5.41, 5.74) is 0. The van der Waals surface area contributed by atoms with Gasteiger partial charge < -0.3 is 14.4 Å². The molecule has 1 atom stereocenters. The Labute approximate surface area is 155 Å². The van der Waals surface area contributed by atoms with Crippen LogP contribution >= 0.6 is 0 Å². The molecular weight excluding hydrogens is 356 g/mol. The highest BCUT2D eigenvalue weighted by Crippen LogP contribution is 2.16. The number of morpholine rings is 1. The molecule has 8 heteroatoms. The lowest BCUT2D eigenvalue weighted by atomic mass is 10.2. The normalized spacial score (nSPS) is 18.4. The Morgan fingerprint density at radius 1 is 1.31 bits per heavy atom. The molecule has 0 spiro atoms. The highest BCUT2D eigenvalue weighted by Gasteiger charge is 2.27. The van der Waals surface area contributed by atoms with Crippen LogP contribution in [0.25, 0.3) is 0 Å². The van der Waals surface area contributed by atoms with Crippen LogP contribution in [0.5, 0.6) is 5.75 Å². The van der Waals surface area contributed by atoms with Crippen molar-refractivity contribution in [1.29, 1.82) is 0 Å². The van der Waals surface area contributed by atoms with Crippen LogP contribution in [-0.4, -0.2) is 58.2 Å². The average Bonchev–Trinajstić information content (AvgIpc) is 2.60. The van der Waals surface area contributed by atoms with Gasteiger partial charge in [-0.1, -0.05) is 20.8 Å². The Morgan fingerprint density at radius 3 is 2.62 bits per heavy atom. The zero-order chi connectivity index (χ0) is 19.2. The summed E-state index contributed by atoms with van der Waals surface area (Å²) in [4.78, 5) is 13.8. The molecule has 0 aliphatic carbocycles. The van der Waals surface area contributed by atoms with Crippen molar-refractivity contribution in [2.45, 2.75) is 38.2 Å². The molecule has 146 valence electrons. The number of nitrogens with one attached hydrogen (secondary N) is 1. The molecule has 1 heterocycles. The van der Waals surface area contributed by atoms with Gasteiger partial charge >= 0.3 is 0 Å². The van der Waals surface area contributed by atoms with Crippen LogP contribution in [0.3, 0.4) is 0 Å². The molecule has 0 aromatic heterocycles. The van der Waals surface area contributed by atoms with Crippen LogP contribution in [0, 0.1) is 5.92 Å². The summed E-state index contributed by atoms with van der Waals surface area (Å²) in [7, 11) is -3.64. The van der Waals surface area contributed by atoms with Crippen LogP contribution in [0.2, 0.25) is 0 Å². The minimum Gasteiger partial charge on any atom is -0.494 e. The predicted octanol–water partition coefficient (Wildman–Crippen LogP) is 1.64. The molecule has 2 rings (SSSR count). The van der Waals surface area contributed by atoms with Crippen molar-refractivity contribution in [3.63, 3.8) is 0 Å². The number of ether oxygens (including phenoxy) is 2. The second kappa shape index (κ2) is 9.34. The Hall–Kier alpha value is -1.64. The van der Waals surface area contributed by atoms with Crippen LogP contribution in [-0.2, 0) is 19.6 Å². The molecule has 1 amide bonds. The molecule has 1 aromatic rings. The Bertz CT molecular complexity index is 688. The molecule has 1 aromatic carbocycles. The van der Waals surface area contributed by atoms with Gasteiger partial charge in [0.25, 0.3) is 0 Å². The number of carbonyl (C=O) groups excluding carboxylic acids is 1. The third kappa shape index (κ3) is 5.96. The van der Waals surface area contributed by atoms with Crippen molar-refractivity contribution in [2.75, 3.05) is 32.8 Å². The quantitative estimate of drug-likeness (QED) is 0.700. The third-order valence-electron chi connectivity index (χ3n) is 3.91. The molecule has 1 aliphatic heterocycles. The first-order chi connectivity index (χ1) is 12.3. The fourth-order valence-electron chi connectivity index (χ4n) is 2.64. The minimum atomic E-state index is -3.64. The van der Waals surface area contributed by atoms with E-state index in [1.54, 1.807) is 17.0 Å². The van der Waals surface area contributed by atoms with Gasteiger partial charge in [0, 0.05) is 19.6 Å². The number of benzene rings is 1. The standard InChI is InChI=1S/C18H28N2O5S/c1-4-9-24-15-5-7-17(8-6-15)26(22,23)19-10-16-12-20(11-14(2)3)18(21)13-25-16/h5-8,14,16,19H,4,9-13H2,1-3H3. The van der Waals surface area contributed by atoms with E-state index in [9.17, 15) is 13.2 Å². The van der Waals surface area contributed by atoms with E-state index in [4.69, 9.17) is 9.47 Å². The van der Waals surface area contributed by atoms with E-state index in [0.29, 0.717) is 31.4 Å². The lowest BCUT2D eigenvalue weighted by Gasteiger charge is -2.33. The van der Waals surface area contributed by atoms with Crippen molar-refractivity contribution in [2.24, 2.45) is 5.92 Å². The van der Waals surface area contributed by atoms with E-state index in [0.717, 1.165) is 6.42 Å². The van der Waals surface area contributed by atoms with E-state index in [2.05, 4.69) is 4.72 Å². The number of rotatable bonds is 9. The van der Waals surface area contributed by atoms with Gasteiger partial charge in [0.15, 0.2) is 0 Å². The highest BCUT2D eigenvalue weighted by atomic mass is 32.2. The monoisotopic (exact) mass is 384 g/mol. The molecule has 26 heavy (non-hydrogen) atoms. The largest absolute Gasteiger partial charge is 0.494 e. The van der Waals surface area contributed by atoms with Crippen LogP contribution in [0.15, 0.2) is 29.2 Å². The van der Waals surface area contributed by atoms with Crippen molar-refractivity contribution in [1.82, 2.24) is 9.62 Å². The van der Waals surface area contributed by atoms with Crippen LogP contribution in [0.1, 0.15) is 27.2 Å². The average molecular weight is 384 g/mol. The second-order valence-corrected chi connectivity index (χ2v) is 8.56. The number of sulfonamides is 1. The van der Waals surface area contributed by atoms with E-state index in [-0.39, 0.29) is 30.1 Å². The van der Waals surface area contributed by atoms with E-state index in [1.807, 2.05) is 20.8 Å². The van der Waals surface area contributed by atoms with Gasteiger partial charge in [-0.15, -0.1) is 0 Å². The van der Waals surface area contributed by atoms with Gasteiger partial charge in [-0.3, -0.25) is 4.79 Å². The summed E-state index contributed by atoms with van der Waals surface area (Å²) in [6, 6.07) is 6.32. The fraction of sp³-hybridized carbons (Fsp3) is 0.611. The summed E-state index contributed by atoms with van der Waals surface area (Å²) in [5, 5.41) is 0. The summed E-state index contributed by atoms with van der Waals surface area (Å²) >= 11 is 0. The smallest absolute Gasteiger partial charge is 0.248 e. The molecule has 0 saturated carbocycles. The summed E-state index contributed by atoms with van der Waals surface area (Å²) in [6.07, 6.45) is 0.535. The number of nitrogens with zero attached hydrogens (tertiary/aromatic N) is 1. The van der Waals surface area contributed by atoms with Crippen LogP contribution in [0.4, 0.5) is 0 Å². The number of carbonyl (C=O) groups is 1. The van der Waals surface area contributed by atoms with Gasteiger partial charge in [0.1, 0.15) is 12.4 Å². The van der Waals surface area contributed by atoms with Gasteiger partial charge in [0.2, 0.25) is 15.9 Å². The lowest BCUT2D eigenvalue weighted by molar-refractivity contribution is -0.149. The number of hydrogen-bond donors (Lipinski definition) is 1. The van der Waals surface area contributed by atoms with E-state index < -0.39 is 10.0 Å². The molecule has 1 N–H and O–H groups in total. The fourth-order valence-corrected chi connectivity index (χ4v) is 3.71. The summed E-state index contributed by atoms with van der Waals surface area (Å²) < 4.78 is 38.4. The Balaban J connectivity index is 1.92. The number of hydrogen-bond acceptors (Lipinski definition) is 5. The van der Waals surface area contributed by atoms with Crippen LogP contribution < -0.4 is 9.46 Å². The molecule has 0 bridgehead atoms. The maximum atomic E-state index is 12.4.